The minimum atomic E-state index is -2.48. The highest BCUT2D eigenvalue weighted by Gasteiger charge is 2.48. The number of pyridine rings is 2. The summed E-state index contributed by atoms with van der Waals surface area (Å²) in [4.78, 5) is 25.5. The van der Waals surface area contributed by atoms with Crippen molar-refractivity contribution in [3.8, 4) is 0 Å². The number of thiophene rings is 1. The molecule has 1 amide bonds. The molecule has 186 valence electrons. The smallest absolute Gasteiger partial charge is 0.263 e. The summed E-state index contributed by atoms with van der Waals surface area (Å²) >= 11 is 1.32. The summed E-state index contributed by atoms with van der Waals surface area (Å²) in [5.41, 5.74) is 15.5. The zero-order valence-corrected chi connectivity index (χ0v) is 20.9. The Bertz CT molecular complexity index is 1310. The van der Waals surface area contributed by atoms with E-state index in [1.807, 2.05) is 36.9 Å². The molecule has 3 unspecified atom stereocenters. The van der Waals surface area contributed by atoms with Gasteiger partial charge >= 0.3 is 0 Å². The van der Waals surface area contributed by atoms with E-state index in [0.29, 0.717) is 35.8 Å². The van der Waals surface area contributed by atoms with Crippen molar-refractivity contribution < 1.29 is 13.6 Å². The van der Waals surface area contributed by atoms with Crippen LogP contribution >= 0.6 is 11.3 Å². The molecule has 0 aromatic carbocycles. The van der Waals surface area contributed by atoms with Gasteiger partial charge in [-0.3, -0.25) is 4.79 Å². The number of carbonyl (C=O) groups excluding carboxylic acids is 1. The van der Waals surface area contributed by atoms with E-state index in [-0.39, 0.29) is 18.5 Å². The molecule has 2 aliphatic rings. The van der Waals surface area contributed by atoms with Crippen LogP contribution in [0, 0.1) is 19.3 Å². The van der Waals surface area contributed by atoms with Crippen LogP contribution in [0.4, 0.5) is 20.3 Å². The molecule has 0 saturated carbocycles. The lowest BCUT2D eigenvalue weighted by Crippen LogP contribution is -2.43. The third-order valence-corrected chi connectivity index (χ3v) is 8.53. The molecule has 0 spiro atoms. The highest BCUT2D eigenvalue weighted by Crippen LogP contribution is 2.38. The summed E-state index contributed by atoms with van der Waals surface area (Å²) in [7, 11) is 0. The average molecular weight is 501 g/mol. The van der Waals surface area contributed by atoms with E-state index in [0.717, 1.165) is 39.2 Å². The Morgan fingerprint density at radius 2 is 2.09 bits per heavy atom. The number of nitrogens with two attached hydrogens (primary N) is 2. The van der Waals surface area contributed by atoms with E-state index < -0.39 is 17.9 Å². The van der Waals surface area contributed by atoms with Crippen LogP contribution in [-0.4, -0.2) is 47.5 Å². The molecule has 1 aliphatic carbocycles. The van der Waals surface area contributed by atoms with E-state index in [1.165, 1.54) is 18.3 Å². The Labute approximate surface area is 206 Å². The Balaban J connectivity index is 1.29. The van der Waals surface area contributed by atoms with Crippen LogP contribution < -0.4 is 21.7 Å². The zero-order chi connectivity index (χ0) is 25.1. The predicted octanol–water partition coefficient (Wildman–Crippen LogP) is 3.60. The molecule has 5 N–H and O–H groups in total. The summed E-state index contributed by atoms with van der Waals surface area (Å²) in [5, 5.41) is 3.98. The Kier molecular flexibility index (Phi) is 5.91. The zero-order valence-electron chi connectivity index (χ0n) is 20.1. The van der Waals surface area contributed by atoms with Gasteiger partial charge in [-0.2, -0.15) is 0 Å². The molecule has 35 heavy (non-hydrogen) atoms. The summed E-state index contributed by atoms with van der Waals surface area (Å²) in [6.45, 7) is 5.98. The number of aryl methyl sites for hydroxylation is 3. The molecular weight excluding hydrogens is 470 g/mol. The third-order valence-electron chi connectivity index (χ3n) is 7.43. The number of nitrogen functional groups attached to an aromatic ring is 1. The van der Waals surface area contributed by atoms with Crippen molar-refractivity contribution in [2.75, 3.05) is 23.7 Å². The molecule has 3 aromatic heterocycles. The lowest BCUT2D eigenvalue weighted by Gasteiger charge is -2.28. The van der Waals surface area contributed by atoms with Crippen molar-refractivity contribution in [1.82, 2.24) is 15.3 Å². The lowest BCUT2D eigenvalue weighted by molar-refractivity contribution is 0.0122. The molecule has 0 bridgehead atoms. The Hall–Kier alpha value is -2.85. The summed E-state index contributed by atoms with van der Waals surface area (Å²) in [5.74, 6) is 0.500. The van der Waals surface area contributed by atoms with Gasteiger partial charge in [0, 0.05) is 41.9 Å². The minimum Gasteiger partial charge on any atom is -0.397 e. The first-order valence-corrected chi connectivity index (χ1v) is 12.6. The van der Waals surface area contributed by atoms with Gasteiger partial charge in [-0.15, -0.1) is 11.3 Å². The molecule has 10 heteroatoms. The molecule has 1 aliphatic heterocycles. The van der Waals surface area contributed by atoms with Crippen LogP contribution in [0.1, 0.15) is 45.5 Å². The monoisotopic (exact) mass is 500 g/mol. The fourth-order valence-corrected chi connectivity index (χ4v) is 6.35. The fraction of sp³-hybridized carbons (Fsp3) is 0.480. The van der Waals surface area contributed by atoms with Gasteiger partial charge in [-0.1, -0.05) is 13.0 Å². The van der Waals surface area contributed by atoms with Gasteiger partial charge in [-0.25, -0.2) is 18.7 Å². The van der Waals surface area contributed by atoms with Crippen molar-refractivity contribution >= 4 is 39.0 Å². The molecule has 5 rings (SSSR count). The number of hydrogen-bond donors (Lipinski definition) is 3. The van der Waals surface area contributed by atoms with Crippen LogP contribution in [0.2, 0.25) is 0 Å². The molecule has 4 heterocycles. The van der Waals surface area contributed by atoms with Gasteiger partial charge < -0.3 is 21.7 Å². The number of amides is 1. The predicted molar refractivity (Wildman–Crippen MR) is 135 cm³/mol. The Morgan fingerprint density at radius 3 is 2.80 bits per heavy atom. The van der Waals surface area contributed by atoms with Crippen LogP contribution in [0.15, 0.2) is 18.2 Å². The van der Waals surface area contributed by atoms with Crippen molar-refractivity contribution in [2.45, 2.75) is 58.5 Å². The van der Waals surface area contributed by atoms with Gasteiger partial charge in [-0.05, 0) is 56.4 Å². The maximum Gasteiger partial charge on any atom is 0.263 e. The molecular formula is C25H30F2N6OS. The van der Waals surface area contributed by atoms with E-state index in [9.17, 15) is 13.6 Å². The molecule has 1 fully saturated rings. The van der Waals surface area contributed by atoms with Crippen LogP contribution in [0.5, 0.6) is 0 Å². The Morgan fingerprint density at radius 1 is 1.31 bits per heavy atom. The summed E-state index contributed by atoms with van der Waals surface area (Å²) < 4.78 is 27.1. The number of nitrogens with one attached hydrogen (secondary N) is 1. The number of alkyl halides is 2. The summed E-state index contributed by atoms with van der Waals surface area (Å²) in [6.07, 6.45) is -0.390. The number of nitrogens with zero attached hydrogens (tertiary/aromatic N) is 3. The van der Waals surface area contributed by atoms with Gasteiger partial charge in [0.1, 0.15) is 15.5 Å². The maximum atomic E-state index is 13.6. The van der Waals surface area contributed by atoms with Crippen LogP contribution in [0.25, 0.3) is 10.2 Å². The van der Waals surface area contributed by atoms with Crippen LogP contribution in [0.3, 0.4) is 0 Å². The van der Waals surface area contributed by atoms with E-state index >= 15 is 0 Å². The number of rotatable bonds is 4. The fourth-order valence-electron chi connectivity index (χ4n) is 5.23. The maximum absolute atomic E-state index is 13.6. The van der Waals surface area contributed by atoms with Gasteiger partial charge in [0.2, 0.25) is 6.43 Å². The molecule has 1 saturated heterocycles. The average Bonchev–Trinajstić information content (AvgIpc) is 3.30. The first-order valence-electron chi connectivity index (χ1n) is 11.8. The van der Waals surface area contributed by atoms with Crippen molar-refractivity contribution in [3.05, 3.63) is 45.6 Å². The topological polar surface area (TPSA) is 110 Å². The van der Waals surface area contributed by atoms with Gasteiger partial charge in [0.15, 0.2) is 0 Å². The first-order chi connectivity index (χ1) is 16.6. The standard InChI is InChI=1S/C25H30F2N6OS/c1-12-8-13(2)30-23-19(12)20(29)21(35-23)22(34)31-15-5-6-16-14(9-15)4-7-18(32-16)33-10-17(28)25(3,11-33)24(26)27/h4,7-8,15,17,24H,5-6,9-11,28-29H2,1-3H3,(H,31,34). The normalized spacial score (nSPS) is 24.3. The number of carbonyl (C=O) groups is 1. The molecule has 0 radical (unpaired) electrons. The van der Waals surface area contributed by atoms with Gasteiger partial charge in [0.25, 0.3) is 5.91 Å². The van der Waals surface area contributed by atoms with Crippen molar-refractivity contribution in [1.29, 1.82) is 0 Å². The molecule has 3 atom stereocenters. The van der Waals surface area contributed by atoms with Crippen LogP contribution in [-0.2, 0) is 12.8 Å². The summed E-state index contributed by atoms with van der Waals surface area (Å²) in [6, 6.07) is 5.18. The van der Waals surface area contributed by atoms with E-state index in [2.05, 4.69) is 10.3 Å². The number of anilines is 2. The molecule has 7 nitrogen and oxygen atoms in total. The number of hydrogen-bond acceptors (Lipinski definition) is 7. The number of aromatic nitrogens is 2. The third kappa shape index (κ3) is 4.12. The van der Waals surface area contributed by atoms with E-state index in [4.69, 9.17) is 16.5 Å². The number of fused-ring (bicyclic) bond motifs is 2. The number of halogens is 2. The van der Waals surface area contributed by atoms with E-state index in [1.54, 1.807) is 0 Å². The second-order valence-electron chi connectivity index (χ2n) is 10.1. The second kappa shape index (κ2) is 8.67. The second-order valence-corrected chi connectivity index (χ2v) is 11.1. The highest BCUT2D eigenvalue weighted by molar-refractivity contribution is 7.21. The molecule has 3 aromatic rings. The van der Waals surface area contributed by atoms with Crippen molar-refractivity contribution in [2.24, 2.45) is 11.1 Å². The largest absolute Gasteiger partial charge is 0.397 e. The van der Waals surface area contributed by atoms with Crippen molar-refractivity contribution in [3.63, 3.8) is 0 Å². The first kappa shape index (κ1) is 23.9. The minimum absolute atomic E-state index is 0.0367. The SMILES string of the molecule is Cc1cc(C)c2c(N)c(C(=O)NC3CCc4nc(N5CC(N)C(C)(C(F)F)C5)ccc4C3)sc2n1. The quantitative estimate of drug-likeness (QED) is 0.505. The van der Waals surface area contributed by atoms with Gasteiger partial charge in [0.05, 0.1) is 11.1 Å². The lowest BCUT2D eigenvalue weighted by atomic mass is 9.86. The highest BCUT2D eigenvalue weighted by atomic mass is 32.1.